The first-order valence-corrected chi connectivity index (χ1v) is 9.15. The summed E-state index contributed by atoms with van der Waals surface area (Å²) in [6.45, 7) is -0.563. The van der Waals surface area contributed by atoms with E-state index < -0.39 is 24.4 Å². The number of ether oxygens (including phenoxy) is 1. The van der Waals surface area contributed by atoms with Gasteiger partial charge in [-0.25, -0.2) is 4.79 Å². The first kappa shape index (κ1) is 19.5. The number of nitrogens with zero attached hydrogens (tertiary/aromatic N) is 1. The summed E-state index contributed by atoms with van der Waals surface area (Å²) in [6, 6.07) is 18.0. The molecule has 8 heteroatoms. The zero-order valence-electron chi connectivity index (χ0n) is 14.6. The molecule has 0 aliphatic rings. The van der Waals surface area contributed by atoms with Gasteiger partial charge in [-0.05, 0) is 23.8 Å². The normalized spacial score (nSPS) is 10.3. The maximum absolute atomic E-state index is 12.1. The topological polar surface area (TPSA) is 101 Å². The molecule has 2 aromatic carbocycles. The van der Waals surface area contributed by atoms with Crippen molar-refractivity contribution in [3.05, 3.63) is 76.4 Å². The molecular weight excluding hydrogens is 426 g/mol. The van der Waals surface area contributed by atoms with E-state index in [4.69, 9.17) is 4.74 Å². The van der Waals surface area contributed by atoms with E-state index in [-0.39, 0.29) is 12.1 Å². The molecule has 2 N–H and O–H groups in total. The molecule has 7 nitrogen and oxygen atoms in total. The highest BCUT2D eigenvalue weighted by Gasteiger charge is 2.15. The molecule has 0 aliphatic heterocycles. The highest BCUT2D eigenvalue weighted by atomic mass is 79.9. The van der Waals surface area contributed by atoms with Crippen LogP contribution in [0.4, 0.5) is 0 Å². The molecule has 2 amide bonds. The van der Waals surface area contributed by atoms with Gasteiger partial charge in [0, 0.05) is 10.0 Å². The van der Waals surface area contributed by atoms with Crippen molar-refractivity contribution >= 4 is 33.7 Å². The number of halogens is 1. The van der Waals surface area contributed by atoms with Crippen molar-refractivity contribution in [3.63, 3.8) is 0 Å². The zero-order valence-corrected chi connectivity index (χ0v) is 16.2. The van der Waals surface area contributed by atoms with Gasteiger partial charge in [-0.15, -0.1) is 0 Å². The largest absolute Gasteiger partial charge is 0.451 e. The number of H-pyrrole nitrogens is 1. The van der Waals surface area contributed by atoms with Crippen LogP contribution in [0.2, 0.25) is 0 Å². The molecule has 1 aromatic heterocycles. The fourth-order valence-corrected chi connectivity index (χ4v) is 2.69. The van der Waals surface area contributed by atoms with E-state index in [2.05, 4.69) is 31.4 Å². The number of rotatable bonds is 6. The Morgan fingerprint density at radius 3 is 2.43 bits per heavy atom. The Kier molecular flexibility index (Phi) is 6.33. The molecule has 0 fully saturated rings. The second-order valence-electron chi connectivity index (χ2n) is 5.88. The van der Waals surface area contributed by atoms with Crippen LogP contribution >= 0.6 is 15.9 Å². The van der Waals surface area contributed by atoms with Gasteiger partial charge in [0.05, 0.1) is 12.1 Å². The van der Waals surface area contributed by atoms with E-state index in [0.29, 0.717) is 5.69 Å². The lowest BCUT2D eigenvalue weighted by Gasteiger charge is -2.05. The summed E-state index contributed by atoms with van der Waals surface area (Å²) in [5.74, 6) is -1.89. The third-order valence-electron chi connectivity index (χ3n) is 3.76. The van der Waals surface area contributed by atoms with E-state index in [1.807, 2.05) is 30.3 Å². The number of amides is 2. The van der Waals surface area contributed by atoms with Crippen molar-refractivity contribution in [1.29, 1.82) is 0 Å². The molecule has 0 aliphatic carbocycles. The summed E-state index contributed by atoms with van der Waals surface area (Å²) in [6.07, 6.45) is 0.0671. The fraction of sp³-hybridized carbons (Fsp3) is 0.100. The quantitative estimate of drug-likeness (QED) is 0.572. The molecule has 28 heavy (non-hydrogen) atoms. The van der Waals surface area contributed by atoms with Crippen LogP contribution in [0, 0.1) is 0 Å². The number of esters is 1. The third-order valence-corrected chi connectivity index (χ3v) is 4.29. The first-order valence-electron chi connectivity index (χ1n) is 8.36. The minimum Gasteiger partial charge on any atom is -0.451 e. The van der Waals surface area contributed by atoms with Gasteiger partial charge in [-0.2, -0.15) is 5.10 Å². The maximum Gasteiger partial charge on any atom is 0.356 e. The molecule has 3 aromatic rings. The molecule has 0 saturated carbocycles. The molecule has 1 heterocycles. The predicted octanol–water partition coefficient (Wildman–Crippen LogP) is 2.88. The van der Waals surface area contributed by atoms with E-state index >= 15 is 0 Å². The van der Waals surface area contributed by atoms with Gasteiger partial charge in [0.1, 0.15) is 5.69 Å². The summed E-state index contributed by atoms with van der Waals surface area (Å²) in [5.41, 5.74) is 2.29. The number of hydrogen-bond donors (Lipinski definition) is 2. The molecule has 0 saturated heterocycles. The van der Waals surface area contributed by atoms with Crippen LogP contribution in [0.15, 0.2) is 65.1 Å². The van der Waals surface area contributed by atoms with Crippen molar-refractivity contribution in [2.45, 2.75) is 6.42 Å². The average molecular weight is 442 g/mol. The van der Waals surface area contributed by atoms with Gasteiger partial charge in [-0.1, -0.05) is 58.4 Å². The van der Waals surface area contributed by atoms with Gasteiger partial charge in [0.2, 0.25) is 5.91 Å². The summed E-state index contributed by atoms with van der Waals surface area (Å²) < 4.78 is 5.86. The van der Waals surface area contributed by atoms with Crippen LogP contribution in [0.25, 0.3) is 11.3 Å². The highest BCUT2D eigenvalue weighted by Crippen LogP contribution is 2.20. The molecule has 0 unspecified atom stereocenters. The fourth-order valence-electron chi connectivity index (χ4n) is 2.42. The lowest BCUT2D eigenvalue weighted by Crippen LogP contribution is -2.35. The zero-order chi connectivity index (χ0) is 19.9. The van der Waals surface area contributed by atoms with Crippen LogP contribution in [0.5, 0.6) is 0 Å². The molecule has 0 radical (unpaired) electrons. The SMILES string of the molecule is O=C(COC(=O)c1cc(-c2ccc(Br)cc2)n[nH]1)NC(=O)Cc1ccccc1. The smallest absolute Gasteiger partial charge is 0.356 e. The van der Waals surface area contributed by atoms with Crippen molar-refractivity contribution in [2.75, 3.05) is 6.61 Å². The monoisotopic (exact) mass is 441 g/mol. The Hall–Kier alpha value is -3.26. The van der Waals surface area contributed by atoms with Crippen molar-refractivity contribution in [2.24, 2.45) is 0 Å². The standard InChI is InChI=1S/C20H16BrN3O4/c21-15-8-6-14(7-9-15)16-11-17(24-23-16)20(27)28-12-19(26)22-18(25)10-13-4-2-1-3-5-13/h1-9,11H,10,12H2,(H,23,24)(H,22,25,26). The molecule has 0 spiro atoms. The summed E-state index contributed by atoms with van der Waals surface area (Å²) in [7, 11) is 0. The molecular formula is C20H16BrN3O4. The Bertz CT molecular complexity index is 984. The Labute approximate surface area is 169 Å². The van der Waals surface area contributed by atoms with E-state index in [1.165, 1.54) is 6.07 Å². The Morgan fingerprint density at radius 1 is 1.00 bits per heavy atom. The number of hydrogen-bond acceptors (Lipinski definition) is 5. The van der Waals surface area contributed by atoms with Gasteiger partial charge in [0.15, 0.2) is 6.61 Å². The summed E-state index contributed by atoms with van der Waals surface area (Å²) in [4.78, 5) is 35.7. The minimum absolute atomic E-state index is 0.0671. The number of carbonyl (C=O) groups is 3. The average Bonchev–Trinajstić information content (AvgIpc) is 3.17. The van der Waals surface area contributed by atoms with Crippen molar-refractivity contribution in [3.8, 4) is 11.3 Å². The number of benzene rings is 2. The van der Waals surface area contributed by atoms with Crippen LogP contribution in [0.1, 0.15) is 16.1 Å². The lowest BCUT2D eigenvalue weighted by molar-refractivity contribution is -0.132. The van der Waals surface area contributed by atoms with E-state index in [0.717, 1.165) is 15.6 Å². The number of aromatic nitrogens is 2. The van der Waals surface area contributed by atoms with Crippen molar-refractivity contribution < 1.29 is 19.1 Å². The van der Waals surface area contributed by atoms with Gasteiger partial charge in [-0.3, -0.25) is 20.0 Å². The Morgan fingerprint density at radius 2 is 1.71 bits per heavy atom. The summed E-state index contributed by atoms with van der Waals surface area (Å²) in [5, 5.41) is 8.83. The van der Waals surface area contributed by atoms with E-state index in [1.54, 1.807) is 24.3 Å². The lowest BCUT2D eigenvalue weighted by atomic mass is 10.1. The number of carbonyl (C=O) groups excluding carboxylic acids is 3. The number of imide groups is 1. The van der Waals surface area contributed by atoms with Crippen LogP contribution < -0.4 is 5.32 Å². The van der Waals surface area contributed by atoms with Crippen LogP contribution in [0.3, 0.4) is 0 Å². The second kappa shape index (κ2) is 9.09. The predicted molar refractivity (Wildman–Crippen MR) is 105 cm³/mol. The highest BCUT2D eigenvalue weighted by molar-refractivity contribution is 9.10. The molecule has 0 atom stereocenters. The minimum atomic E-state index is -0.735. The van der Waals surface area contributed by atoms with E-state index in [9.17, 15) is 14.4 Å². The van der Waals surface area contributed by atoms with Gasteiger partial charge >= 0.3 is 5.97 Å². The maximum atomic E-state index is 12.1. The first-order chi connectivity index (χ1) is 13.5. The van der Waals surface area contributed by atoms with Crippen molar-refractivity contribution in [1.82, 2.24) is 15.5 Å². The van der Waals surface area contributed by atoms with Gasteiger partial charge in [0.25, 0.3) is 5.91 Å². The molecule has 0 bridgehead atoms. The number of aromatic amines is 1. The Balaban J connectivity index is 1.49. The van der Waals surface area contributed by atoms with Crippen LogP contribution in [-0.2, 0) is 20.7 Å². The number of nitrogens with one attached hydrogen (secondary N) is 2. The summed E-state index contributed by atoms with van der Waals surface area (Å²) >= 11 is 3.35. The third kappa shape index (κ3) is 5.37. The second-order valence-corrected chi connectivity index (χ2v) is 6.80. The molecule has 142 valence electrons. The van der Waals surface area contributed by atoms with Crippen LogP contribution in [-0.4, -0.2) is 34.6 Å². The van der Waals surface area contributed by atoms with Gasteiger partial charge < -0.3 is 4.74 Å². The molecule has 3 rings (SSSR count).